The Balaban J connectivity index is 0.000000640. The van der Waals surface area contributed by atoms with Gasteiger partial charge in [0.2, 0.25) is 0 Å². The second kappa shape index (κ2) is 4.29. The minimum atomic E-state index is 0. The molecule has 0 atom stereocenters. The van der Waals surface area contributed by atoms with Crippen molar-refractivity contribution in [3.8, 4) is 6.07 Å². The smallest absolute Gasteiger partial charge is 0.0991 e. The molecule has 0 aliphatic rings. The molecule has 0 aromatic heterocycles. The summed E-state index contributed by atoms with van der Waals surface area (Å²) in [6, 6.07) is 11.2. The third kappa shape index (κ3) is 2.44. The van der Waals surface area contributed by atoms with Gasteiger partial charge in [0.05, 0.1) is 11.6 Å². The summed E-state index contributed by atoms with van der Waals surface area (Å²) < 4.78 is 0. The molecule has 48 valence electrons. The summed E-state index contributed by atoms with van der Waals surface area (Å²) in [7, 11) is 0. The molecular weight excluding hydrogens is 293 g/mol. The molecule has 0 fully saturated rings. The summed E-state index contributed by atoms with van der Waals surface area (Å²) >= 11 is 0. The largest absolute Gasteiger partial charge is 0.192 e. The van der Waals surface area contributed by atoms with E-state index in [1.807, 2.05) is 24.3 Å². The van der Waals surface area contributed by atoms with Gasteiger partial charge in [-0.3, -0.25) is 0 Å². The van der Waals surface area contributed by atoms with E-state index in [0.717, 1.165) is 0 Å². The van der Waals surface area contributed by atoms with E-state index < -0.39 is 0 Å². The van der Waals surface area contributed by atoms with Crippen molar-refractivity contribution < 1.29 is 21.1 Å². The van der Waals surface area contributed by atoms with Crippen molar-refractivity contribution in [1.29, 1.82) is 5.26 Å². The molecule has 1 nitrogen and oxygen atoms in total. The molecule has 0 heterocycles. The fourth-order valence-corrected chi connectivity index (χ4v) is 0.513. The van der Waals surface area contributed by atoms with Crippen molar-refractivity contribution in [2.45, 2.75) is 0 Å². The van der Waals surface area contributed by atoms with E-state index in [1.165, 1.54) is 0 Å². The average molecular weight is 298 g/mol. The number of hydrogen-bond acceptors (Lipinski definition) is 1. The van der Waals surface area contributed by atoms with Gasteiger partial charge in [-0.1, -0.05) is 18.2 Å². The van der Waals surface area contributed by atoms with Gasteiger partial charge in [0, 0.05) is 21.1 Å². The maximum absolute atomic E-state index is 8.29. The first-order chi connectivity index (χ1) is 3.93. The monoisotopic (exact) mass is 298 g/mol. The van der Waals surface area contributed by atoms with Crippen LogP contribution in [0.2, 0.25) is 0 Å². The SMILES string of the molecule is N#Cc1ccccc1.[Pt]. The molecule has 0 saturated heterocycles. The van der Waals surface area contributed by atoms with Crippen LogP contribution in [0.1, 0.15) is 5.56 Å². The van der Waals surface area contributed by atoms with Crippen LogP contribution in [-0.4, -0.2) is 0 Å². The van der Waals surface area contributed by atoms with Crippen LogP contribution in [0.5, 0.6) is 0 Å². The minimum absolute atomic E-state index is 0. The van der Waals surface area contributed by atoms with Gasteiger partial charge >= 0.3 is 0 Å². The van der Waals surface area contributed by atoms with Crippen LogP contribution in [-0.2, 0) is 21.1 Å². The fourth-order valence-electron chi connectivity index (χ4n) is 0.513. The Hall–Kier alpha value is -0.602. The fraction of sp³-hybridized carbons (Fsp3) is 0. The van der Waals surface area contributed by atoms with Gasteiger partial charge in [-0.2, -0.15) is 5.26 Å². The third-order valence-corrected chi connectivity index (χ3v) is 0.903. The molecule has 0 N–H and O–H groups in total. The summed E-state index contributed by atoms with van der Waals surface area (Å²) in [5.41, 5.74) is 0.715. The zero-order valence-electron chi connectivity index (χ0n) is 4.65. The average Bonchev–Trinajstić information content (AvgIpc) is 1.90. The van der Waals surface area contributed by atoms with E-state index in [1.54, 1.807) is 12.1 Å². The third-order valence-electron chi connectivity index (χ3n) is 0.903. The molecule has 0 spiro atoms. The zero-order chi connectivity index (χ0) is 5.82. The molecule has 0 radical (unpaired) electrons. The van der Waals surface area contributed by atoms with E-state index in [9.17, 15) is 0 Å². The van der Waals surface area contributed by atoms with Crippen molar-refractivity contribution in [2.75, 3.05) is 0 Å². The molecule has 0 aliphatic carbocycles. The van der Waals surface area contributed by atoms with Crippen LogP contribution in [0.3, 0.4) is 0 Å². The van der Waals surface area contributed by atoms with Crippen LogP contribution >= 0.6 is 0 Å². The molecule has 1 aromatic rings. The van der Waals surface area contributed by atoms with Gasteiger partial charge in [0.25, 0.3) is 0 Å². The molecule has 9 heavy (non-hydrogen) atoms. The molecule has 0 aliphatic heterocycles. The van der Waals surface area contributed by atoms with Gasteiger partial charge in [-0.25, -0.2) is 0 Å². The van der Waals surface area contributed by atoms with Crippen molar-refractivity contribution in [1.82, 2.24) is 0 Å². The topological polar surface area (TPSA) is 23.8 Å². The molecular formula is C7H5NPt. The molecule has 1 aromatic carbocycles. The van der Waals surface area contributed by atoms with Gasteiger partial charge in [0.15, 0.2) is 0 Å². The number of nitriles is 1. The molecule has 0 amide bonds. The van der Waals surface area contributed by atoms with E-state index in [0.29, 0.717) is 5.56 Å². The van der Waals surface area contributed by atoms with Crippen molar-refractivity contribution >= 4 is 0 Å². The Kier molecular flexibility index (Phi) is 4.01. The second-order valence-electron chi connectivity index (χ2n) is 1.48. The number of rotatable bonds is 0. The number of benzene rings is 1. The van der Waals surface area contributed by atoms with Gasteiger partial charge in [-0.05, 0) is 12.1 Å². The molecule has 1 rings (SSSR count). The standard InChI is InChI=1S/C7H5N.Pt/c8-6-7-4-2-1-3-5-7;/h1-5H;. The predicted molar refractivity (Wildman–Crippen MR) is 31.2 cm³/mol. The van der Waals surface area contributed by atoms with Crippen molar-refractivity contribution in [3.63, 3.8) is 0 Å². The number of nitrogens with zero attached hydrogens (tertiary/aromatic N) is 1. The van der Waals surface area contributed by atoms with Crippen molar-refractivity contribution in [2.24, 2.45) is 0 Å². The second-order valence-corrected chi connectivity index (χ2v) is 1.48. The zero-order valence-corrected chi connectivity index (χ0v) is 6.92. The summed E-state index contributed by atoms with van der Waals surface area (Å²) in [5, 5.41) is 8.29. The minimum Gasteiger partial charge on any atom is -0.192 e. The van der Waals surface area contributed by atoms with Crippen LogP contribution in [0, 0.1) is 11.3 Å². The summed E-state index contributed by atoms with van der Waals surface area (Å²) in [6.07, 6.45) is 0. The summed E-state index contributed by atoms with van der Waals surface area (Å²) in [4.78, 5) is 0. The maximum atomic E-state index is 8.29. The first kappa shape index (κ1) is 8.40. The van der Waals surface area contributed by atoms with Crippen LogP contribution < -0.4 is 0 Å². The quantitative estimate of drug-likeness (QED) is 0.713. The Morgan fingerprint density at radius 1 is 1.11 bits per heavy atom. The molecule has 0 saturated carbocycles. The van der Waals surface area contributed by atoms with E-state index in [2.05, 4.69) is 0 Å². The first-order valence-electron chi connectivity index (χ1n) is 2.38. The Labute approximate surface area is 68.6 Å². The molecule has 2 heteroatoms. The molecule has 0 unspecified atom stereocenters. The Morgan fingerprint density at radius 3 is 2.00 bits per heavy atom. The Morgan fingerprint density at radius 2 is 1.67 bits per heavy atom. The molecule has 0 bridgehead atoms. The van der Waals surface area contributed by atoms with Crippen LogP contribution in [0.25, 0.3) is 0 Å². The maximum Gasteiger partial charge on any atom is 0.0991 e. The summed E-state index contributed by atoms with van der Waals surface area (Å²) in [6.45, 7) is 0. The van der Waals surface area contributed by atoms with Gasteiger partial charge in [-0.15, -0.1) is 0 Å². The van der Waals surface area contributed by atoms with E-state index in [-0.39, 0.29) is 21.1 Å². The van der Waals surface area contributed by atoms with Crippen molar-refractivity contribution in [3.05, 3.63) is 35.9 Å². The predicted octanol–water partition coefficient (Wildman–Crippen LogP) is 1.56. The van der Waals surface area contributed by atoms with Gasteiger partial charge in [0.1, 0.15) is 0 Å². The van der Waals surface area contributed by atoms with Crippen LogP contribution in [0.15, 0.2) is 30.3 Å². The summed E-state index contributed by atoms with van der Waals surface area (Å²) in [5.74, 6) is 0. The van der Waals surface area contributed by atoms with E-state index in [4.69, 9.17) is 5.26 Å². The van der Waals surface area contributed by atoms with E-state index >= 15 is 0 Å². The van der Waals surface area contributed by atoms with Gasteiger partial charge < -0.3 is 0 Å². The first-order valence-corrected chi connectivity index (χ1v) is 2.38. The Bertz CT molecular complexity index is 200. The number of hydrogen-bond donors (Lipinski definition) is 0. The van der Waals surface area contributed by atoms with Crippen LogP contribution in [0.4, 0.5) is 0 Å². The normalized spacial score (nSPS) is 7.00.